The summed E-state index contributed by atoms with van der Waals surface area (Å²) in [5.41, 5.74) is 1.29. The van der Waals surface area contributed by atoms with Crippen LogP contribution in [-0.2, 0) is 9.47 Å². The second-order valence-electron chi connectivity index (χ2n) is 3.06. The third-order valence-electron chi connectivity index (χ3n) is 2.18. The normalized spacial score (nSPS) is 13.4. The number of hydrogen-bond acceptors (Lipinski definition) is 4. The minimum absolute atomic E-state index is 0.311. The molecule has 0 aromatic heterocycles. The number of rotatable bonds is 1. The van der Waals surface area contributed by atoms with Crippen molar-refractivity contribution in [2.45, 2.75) is 0 Å². The van der Waals surface area contributed by atoms with Crippen molar-refractivity contribution in [3.8, 4) is 0 Å². The third kappa shape index (κ3) is 1.40. The number of esters is 2. The molecule has 4 nitrogen and oxygen atoms in total. The number of fused-ring (bicyclic) bond motifs is 1. The maximum Gasteiger partial charge on any atom is 0.344 e. The molecule has 4 heteroatoms. The zero-order valence-electron chi connectivity index (χ0n) is 8.07. The molecule has 76 valence electrons. The summed E-state index contributed by atoms with van der Waals surface area (Å²) in [6.45, 7) is 3.58. The summed E-state index contributed by atoms with van der Waals surface area (Å²) in [5.74, 6) is -0.657. The van der Waals surface area contributed by atoms with E-state index in [0.717, 1.165) is 0 Å². The van der Waals surface area contributed by atoms with Gasteiger partial charge >= 0.3 is 11.9 Å². The molecule has 0 saturated carbocycles. The number of hydrogen-bond donors (Lipinski definition) is 0. The van der Waals surface area contributed by atoms with Crippen LogP contribution in [0, 0.1) is 0 Å². The lowest BCUT2D eigenvalue weighted by molar-refractivity contribution is 0.0600. The predicted molar refractivity (Wildman–Crippen MR) is 52.2 cm³/mol. The Kier molecular flexibility index (Phi) is 2.04. The van der Waals surface area contributed by atoms with E-state index >= 15 is 0 Å². The zero-order valence-corrected chi connectivity index (χ0v) is 8.07. The molecule has 0 unspecified atom stereocenters. The van der Waals surface area contributed by atoms with Crippen LogP contribution in [0.5, 0.6) is 0 Å². The zero-order chi connectivity index (χ0) is 11.0. The summed E-state index contributed by atoms with van der Waals surface area (Å²) in [6, 6.07) is 4.63. The molecule has 0 atom stereocenters. The average molecular weight is 204 g/mol. The van der Waals surface area contributed by atoms with Crippen molar-refractivity contribution in [3.63, 3.8) is 0 Å². The molecular formula is C11H8O4. The number of methoxy groups -OCH3 is 1. The first-order valence-electron chi connectivity index (χ1n) is 4.27. The highest BCUT2D eigenvalue weighted by molar-refractivity contribution is 6.04. The van der Waals surface area contributed by atoms with Crippen LogP contribution in [-0.4, -0.2) is 19.0 Å². The van der Waals surface area contributed by atoms with Gasteiger partial charge in [0.05, 0.1) is 18.2 Å². The van der Waals surface area contributed by atoms with E-state index in [4.69, 9.17) is 4.74 Å². The SMILES string of the molecule is C=C1OC(=O)c2cc(C(=O)OC)ccc21. The molecule has 0 fully saturated rings. The average Bonchev–Trinajstić information content (AvgIpc) is 2.53. The van der Waals surface area contributed by atoms with Crippen LogP contribution in [0.4, 0.5) is 0 Å². The number of cyclic esters (lactones) is 1. The topological polar surface area (TPSA) is 52.6 Å². The molecule has 0 saturated heterocycles. The van der Waals surface area contributed by atoms with Crippen molar-refractivity contribution < 1.29 is 19.1 Å². The summed E-state index contributed by atoms with van der Waals surface area (Å²) < 4.78 is 9.36. The second-order valence-corrected chi connectivity index (χ2v) is 3.06. The van der Waals surface area contributed by atoms with Crippen molar-refractivity contribution in [2.24, 2.45) is 0 Å². The Morgan fingerprint density at radius 2 is 2.13 bits per heavy atom. The van der Waals surface area contributed by atoms with Crippen molar-refractivity contribution in [1.82, 2.24) is 0 Å². The number of carbonyl (C=O) groups excluding carboxylic acids is 2. The molecule has 0 N–H and O–H groups in total. The Hall–Kier alpha value is -2.10. The van der Waals surface area contributed by atoms with Crippen LogP contribution in [0.3, 0.4) is 0 Å². The van der Waals surface area contributed by atoms with Crippen LogP contribution in [0.2, 0.25) is 0 Å². The Morgan fingerprint density at radius 3 is 2.80 bits per heavy atom. The van der Waals surface area contributed by atoms with Crippen LogP contribution in [0.25, 0.3) is 5.76 Å². The number of carbonyl (C=O) groups is 2. The summed E-state index contributed by atoms with van der Waals surface area (Å²) >= 11 is 0. The molecule has 0 spiro atoms. The molecular weight excluding hydrogens is 196 g/mol. The lowest BCUT2D eigenvalue weighted by Crippen LogP contribution is -2.03. The molecule has 1 aliphatic heterocycles. The molecule has 0 bridgehead atoms. The minimum atomic E-state index is -0.485. The molecule has 1 aliphatic rings. The van der Waals surface area contributed by atoms with E-state index in [9.17, 15) is 9.59 Å². The smallest absolute Gasteiger partial charge is 0.344 e. The quantitative estimate of drug-likeness (QED) is 0.652. The highest BCUT2D eigenvalue weighted by atomic mass is 16.5. The molecule has 2 rings (SSSR count). The molecule has 0 amide bonds. The van der Waals surface area contributed by atoms with Crippen LogP contribution >= 0.6 is 0 Å². The standard InChI is InChI=1S/C11H8O4/c1-6-8-4-3-7(10(12)14-2)5-9(8)11(13)15-6/h3-5H,1H2,2H3. The largest absolute Gasteiger partial charge is 0.465 e. The first-order valence-corrected chi connectivity index (χ1v) is 4.27. The fraction of sp³-hybridized carbons (Fsp3) is 0.0909. The van der Waals surface area contributed by atoms with Crippen molar-refractivity contribution in [3.05, 3.63) is 41.5 Å². The van der Waals surface area contributed by atoms with Gasteiger partial charge in [0.25, 0.3) is 0 Å². The summed E-state index contributed by atoms with van der Waals surface area (Å²) in [7, 11) is 1.28. The van der Waals surface area contributed by atoms with Gasteiger partial charge in [0.2, 0.25) is 0 Å². The fourth-order valence-electron chi connectivity index (χ4n) is 1.42. The Balaban J connectivity index is 2.52. The Bertz CT molecular complexity index is 473. The van der Waals surface area contributed by atoms with Gasteiger partial charge in [-0.3, -0.25) is 0 Å². The van der Waals surface area contributed by atoms with Gasteiger partial charge < -0.3 is 9.47 Å². The molecule has 1 aromatic carbocycles. The van der Waals surface area contributed by atoms with E-state index < -0.39 is 11.9 Å². The van der Waals surface area contributed by atoms with E-state index in [0.29, 0.717) is 22.4 Å². The van der Waals surface area contributed by atoms with Gasteiger partial charge in [-0.05, 0) is 18.2 Å². The maximum absolute atomic E-state index is 11.3. The molecule has 0 aliphatic carbocycles. The van der Waals surface area contributed by atoms with Crippen molar-refractivity contribution in [1.29, 1.82) is 0 Å². The lowest BCUT2D eigenvalue weighted by Gasteiger charge is -1.99. The van der Waals surface area contributed by atoms with Crippen LogP contribution < -0.4 is 0 Å². The van der Waals surface area contributed by atoms with Gasteiger partial charge in [0.15, 0.2) is 0 Å². The van der Waals surface area contributed by atoms with Crippen LogP contribution in [0.15, 0.2) is 24.8 Å². The van der Waals surface area contributed by atoms with Crippen LogP contribution in [0.1, 0.15) is 26.3 Å². The van der Waals surface area contributed by atoms with Crippen molar-refractivity contribution in [2.75, 3.05) is 7.11 Å². The summed E-state index contributed by atoms with van der Waals surface area (Å²) in [4.78, 5) is 22.5. The van der Waals surface area contributed by atoms with E-state index in [1.54, 1.807) is 12.1 Å². The van der Waals surface area contributed by atoms with Gasteiger partial charge in [-0.2, -0.15) is 0 Å². The first-order chi connectivity index (χ1) is 7.13. The minimum Gasteiger partial charge on any atom is -0.465 e. The van der Waals surface area contributed by atoms with E-state index in [1.807, 2.05) is 0 Å². The predicted octanol–water partition coefficient (Wildman–Crippen LogP) is 1.61. The first kappa shape index (κ1) is 9.45. The van der Waals surface area contributed by atoms with Gasteiger partial charge in [0, 0.05) is 5.56 Å². The van der Waals surface area contributed by atoms with E-state index in [2.05, 4.69) is 11.3 Å². The lowest BCUT2D eigenvalue weighted by atomic mass is 10.1. The monoisotopic (exact) mass is 204 g/mol. The third-order valence-corrected chi connectivity index (χ3v) is 2.18. The van der Waals surface area contributed by atoms with E-state index in [1.165, 1.54) is 13.2 Å². The van der Waals surface area contributed by atoms with Gasteiger partial charge in [0.1, 0.15) is 5.76 Å². The van der Waals surface area contributed by atoms with Gasteiger partial charge in [-0.15, -0.1) is 0 Å². The number of benzene rings is 1. The highest BCUT2D eigenvalue weighted by Crippen LogP contribution is 2.28. The fourth-order valence-corrected chi connectivity index (χ4v) is 1.42. The molecule has 1 aromatic rings. The Morgan fingerprint density at radius 1 is 1.40 bits per heavy atom. The maximum atomic E-state index is 11.3. The highest BCUT2D eigenvalue weighted by Gasteiger charge is 2.26. The summed E-state index contributed by atoms with van der Waals surface area (Å²) in [6.07, 6.45) is 0. The summed E-state index contributed by atoms with van der Waals surface area (Å²) in [5, 5.41) is 0. The Labute approximate surface area is 86.1 Å². The number of ether oxygens (including phenoxy) is 2. The second kappa shape index (κ2) is 3.24. The van der Waals surface area contributed by atoms with Crippen molar-refractivity contribution >= 4 is 17.7 Å². The molecule has 15 heavy (non-hydrogen) atoms. The van der Waals surface area contributed by atoms with Gasteiger partial charge in [-0.1, -0.05) is 6.58 Å². The molecule has 0 radical (unpaired) electrons. The van der Waals surface area contributed by atoms with E-state index in [-0.39, 0.29) is 0 Å². The van der Waals surface area contributed by atoms with Gasteiger partial charge in [-0.25, -0.2) is 9.59 Å². The molecule has 1 heterocycles.